The van der Waals surface area contributed by atoms with Gasteiger partial charge in [-0.3, -0.25) is 4.79 Å². The number of halogens is 2. The van der Waals surface area contributed by atoms with E-state index in [1.807, 2.05) is 12.3 Å². The van der Waals surface area contributed by atoms with Gasteiger partial charge in [0, 0.05) is 17.4 Å². The second-order valence-corrected chi connectivity index (χ2v) is 8.52. The first-order valence-electron chi connectivity index (χ1n) is 10.6. The fourth-order valence-corrected chi connectivity index (χ4v) is 3.86. The average molecular weight is 449 g/mol. The largest absolute Gasteiger partial charge is 0.325 e. The van der Waals surface area contributed by atoms with Crippen LogP contribution in [-0.4, -0.2) is 36.3 Å². The lowest BCUT2D eigenvalue weighted by Gasteiger charge is -2.17. The van der Waals surface area contributed by atoms with Crippen molar-refractivity contribution in [2.45, 2.75) is 38.0 Å². The van der Waals surface area contributed by atoms with E-state index in [-0.39, 0.29) is 5.91 Å². The van der Waals surface area contributed by atoms with Crippen molar-refractivity contribution in [2.75, 3.05) is 5.32 Å². The number of hydrogen-bond donors (Lipinski definition) is 2. The van der Waals surface area contributed by atoms with Crippen molar-refractivity contribution < 1.29 is 13.6 Å². The van der Waals surface area contributed by atoms with Crippen molar-refractivity contribution in [1.29, 1.82) is 0 Å². The SMILES string of the molecule is CC(C)c1cnn(-c2ccc(NC(=O)C3(c4ccc(F)c(F)c4)CC3)cc2-c2nnn[nH]2)c1. The van der Waals surface area contributed by atoms with Crippen molar-refractivity contribution >= 4 is 11.6 Å². The molecule has 0 spiro atoms. The van der Waals surface area contributed by atoms with E-state index in [0.29, 0.717) is 41.4 Å². The van der Waals surface area contributed by atoms with Crippen LogP contribution in [0.4, 0.5) is 14.5 Å². The molecule has 0 radical (unpaired) electrons. The van der Waals surface area contributed by atoms with Crippen molar-refractivity contribution in [2.24, 2.45) is 0 Å². The Morgan fingerprint density at radius 3 is 2.61 bits per heavy atom. The molecule has 33 heavy (non-hydrogen) atoms. The Balaban J connectivity index is 1.47. The van der Waals surface area contributed by atoms with Crippen molar-refractivity contribution in [3.05, 3.63) is 71.6 Å². The van der Waals surface area contributed by atoms with Gasteiger partial charge in [0.15, 0.2) is 17.5 Å². The number of amides is 1. The van der Waals surface area contributed by atoms with E-state index in [1.54, 1.807) is 23.0 Å². The number of carbonyl (C=O) groups is 1. The van der Waals surface area contributed by atoms with Gasteiger partial charge in [-0.2, -0.15) is 5.10 Å². The molecule has 2 aromatic heterocycles. The molecule has 1 fully saturated rings. The summed E-state index contributed by atoms with van der Waals surface area (Å²) in [5, 5.41) is 21.4. The molecule has 0 saturated heterocycles. The summed E-state index contributed by atoms with van der Waals surface area (Å²) in [5.41, 5.74) is 2.59. The van der Waals surface area contributed by atoms with Gasteiger partial charge in [-0.1, -0.05) is 19.9 Å². The maximum atomic E-state index is 13.8. The molecule has 1 aliphatic carbocycles. The number of hydrogen-bond acceptors (Lipinski definition) is 5. The van der Waals surface area contributed by atoms with E-state index < -0.39 is 17.0 Å². The van der Waals surface area contributed by atoms with E-state index in [9.17, 15) is 13.6 Å². The molecule has 1 saturated carbocycles. The second kappa shape index (κ2) is 7.88. The molecule has 1 amide bonds. The number of aromatic nitrogens is 6. The predicted molar refractivity (Wildman–Crippen MR) is 117 cm³/mol. The summed E-state index contributed by atoms with van der Waals surface area (Å²) >= 11 is 0. The topological polar surface area (TPSA) is 101 Å². The number of rotatable bonds is 6. The zero-order chi connectivity index (χ0) is 23.2. The summed E-state index contributed by atoms with van der Waals surface area (Å²) in [4.78, 5) is 13.1. The van der Waals surface area contributed by atoms with Crippen LogP contribution in [0.2, 0.25) is 0 Å². The monoisotopic (exact) mass is 449 g/mol. The number of benzene rings is 2. The minimum Gasteiger partial charge on any atom is -0.325 e. The Morgan fingerprint density at radius 1 is 1.15 bits per heavy atom. The first-order valence-corrected chi connectivity index (χ1v) is 10.6. The molecule has 0 unspecified atom stereocenters. The van der Waals surface area contributed by atoms with Crippen LogP contribution in [-0.2, 0) is 10.2 Å². The van der Waals surface area contributed by atoms with Crippen LogP contribution in [0, 0.1) is 11.6 Å². The fraction of sp³-hybridized carbons (Fsp3) is 0.261. The molecule has 2 aromatic carbocycles. The maximum Gasteiger partial charge on any atom is 0.235 e. The highest BCUT2D eigenvalue weighted by atomic mass is 19.2. The highest BCUT2D eigenvalue weighted by molar-refractivity contribution is 6.01. The zero-order valence-corrected chi connectivity index (χ0v) is 18.0. The lowest BCUT2D eigenvalue weighted by molar-refractivity contribution is -0.118. The molecule has 2 N–H and O–H groups in total. The highest BCUT2D eigenvalue weighted by Gasteiger charge is 2.51. The molecule has 1 aliphatic rings. The van der Waals surface area contributed by atoms with Gasteiger partial charge in [0.2, 0.25) is 5.91 Å². The molecule has 168 valence electrons. The van der Waals surface area contributed by atoms with Crippen LogP contribution in [0.1, 0.15) is 43.7 Å². The standard InChI is InChI=1S/C23H21F2N7O/c1-13(2)14-11-26-32(12-14)20-6-4-16(10-17(20)21-28-30-31-29-21)27-22(33)23(7-8-23)15-3-5-18(24)19(25)9-15/h3-6,9-13H,7-8H2,1-2H3,(H,27,33)(H,28,29,30,31). The Hall–Kier alpha value is -3.95. The molecular weight excluding hydrogens is 428 g/mol. The third kappa shape index (κ3) is 3.77. The smallest absolute Gasteiger partial charge is 0.235 e. The molecule has 4 aromatic rings. The lowest BCUT2D eigenvalue weighted by Crippen LogP contribution is -2.28. The first kappa shape index (κ1) is 20.9. The van der Waals surface area contributed by atoms with Gasteiger partial charge in [0.05, 0.1) is 17.3 Å². The predicted octanol–water partition coefficient (Wildman–Crippen LogP) is 4.12. The Bertz CT molecular complexity index is 1330. The Morgan fingerprint density at radius 2 is 1.97 bits per heavy atom. The number of aromatic amines is 1. The Labute approximate surface area is 188 Å². The van der Waals surface area contributed by atoms with E-state index in [4.69, 9.17) is 0 Å². The Kier molecular flexibility index (Phi) is 4.99. The molecule has 0 atom stereocenters. The third-order valence-corrected chi connectivity index (χ3v) is 6.03. The minimum atomic E-state index is -0.962. The molecule has 2 heterocycles. The van der Waals surface area contributed by atoms with Crippen LogP contribution in [0.25, 0.3) is 17.1 Å². The van der Waals surface area contributed by atoms with E-state index in [1.165, 1.54) is 6.07 Å². The zero-order valence-electron chi connectivity index (χ0n) is 18.0. The summed E-state index contributed by atoms with van der Waals surface area (Å²) < 4.78 is 28.9. The van der Waals surface area contributed by atoms with Gasteiger partial charge >= 0.3 is 0 Å². The van der Waals surface area contributed by atoms with Crippen LogP contribution < -0.4 is 5.32 Å². The summed E-state index contributed by atoms with van der Waals surface area (Å²) in [7, 11) is 0. The maximum absolute atomic E-state index is 13.8. The number of H-pyrrole nitrogens is 1. The second-order valence-electron chi connectivity index (χ2n) is 8.52. The van der Waals surface area contributed by atoms with Crippen LogP contribution >= 0.6 is 0 Å². The molecular formula is C23H21F2N7O. The fourth-order valence-electron chi connectivity index (χ4n) is 3.86. The normalized spacial score (nSPS) is 14.5. The summed E-state index contributed by atoms with van der Waals surface area (Å²) in [6, 6.07) is 8.95. The van der Waals surface area contributed by atoms with E-state index >= 15 is 0 Å². The molecule has 0 aliphatic heterocycles. The molecule has 0 bridgehead atoms. The van der Waals surface area contributed by atoms with E-state index in [0.717, 1.165) is 23.4 Å². The average Bonchev–Trinajstić information content (AvgIpc) is 3.20. The molecule has 5 rings (SSSR count). The molecule has 8 nitrogen and oxygen atoms in total. The van der Waals surface area contributed by atoms with Crippen LogP contribution in [0.5, 0.6) is 0 Å². The number of tetrazole rings is 1. The van der Waals surface area contributed by atoms with Crippen molar-refractivity contribution in [3.8, 4) is 17.1 Å². The first-order chi connectivity index (χ1) is 15.9. The van der Waals surface area contributed by atoms with Crippen molar-refractivity contribution in [1.82, 2.24) is 30.4 Å². The third-order valence-electron chi connectivity index (χ3n) is 6.03. The number of nitrogens with zero attached hydrogens (tertiary/aromatic N) is 5. The van der Waals surface area contributed by atoms with Gasteiger partial charge in [0.25, 0.3) is 0 Å². The van der Waals surface area contributed by atoms with Crippen LogP contribution in [0.15, 0.2) is 48.8 Å². The van der Waals surface area contributed by atoms with E-state index in [2.05, 4.69) is 44.9 Å². The summed E-state index contributed by atoms with van der Waals surface area (Å²) in [6.45, 7) is 4.17. The highest BCUT2D eigenvalue weighted by Crippen LogP contribution is 2.49. The number of nitrogens with one attached hydrogen (secondary N) is 2. The van der Waals surface area contributed by atoms with Gasteiger partial charge in [-0.15, -0.1) is 5.10 Å². The number of anilines is 1. The summed E-state index contributed by atoms with van der Waals surface area (Å²) in [6.07, 6.45) is 4.87. The quantitative estimate of drug-likeness (QED) is 0.461. The summed E-state index contributed by atoms with van der Waals surface area (Å²) in [5.74, 6) is -1.43. The minimum absolute atomic E-state index is 0.274. The van der Waals surface area contributed by atoms with Gasteiger partial charge in [0.1, 0.15) is 0 Å². The van der Waals surface area contributed by atoms with Crippen LogP contribution in [0.3, 0.4) is 0 Å². The van der Waals surface area contributed by atoms with Gasteiger partial charge in [-0.05, 0) is 70.6 Å². The number of carbonyl (C=O) groups excluding carboxylic acids is 1. The molecule has 10 heteroatoms. The van der Waals surface area contributed by atoms with Crippen molar-refractivity contribution in [3.63, 3.8) is 0 Å². The van der Waals surface area contributed by atoms with Gasteiger partial charge in [-0.25, -0.2) is 18.6 Å². The lowest BCUT2D eigenvalue weighted by atomic mass is 9.94. The van der Waals surface area contributed by atoms with Gasteiger partial charge < -0.3 is 5.32 Å².